The topological polar surface area (TPSA) is 60.0 Å². The van der Waals surface area contributed by atoms with Gasteiger partial charge >= 0.3 is 0 Å². The van der Waals surface area contributed by atoms with E-state index in [2.05, 4.69) is 77.1 Å². The van der Waals surface area contributed by atoms with Gasteiger partial charge in [0.05, 0.1) is 21.5 Å². The van der Waals surface area contributed by atoms with Crippen LogP contribution in [0, 0.1) is 23.7 Å². The van der Waals surface area contributed by atoms with Gasteiger partial charge in [-0.1, -0.05) is 79.1 Å². The first kappa shape index (κ1) is 40.7. The molecule has 1 aliphatic carbocycles. The minimum atomic E-state index is -0.534. The molecule has 55 heavy (non-hydrogen) atoms. The summed E-state index contributed by atoms with van der Waals surface area (Å²) in [5.74, 6) is 11.2. The monoisotopic (exact) mass is 801 g/mol. The van der Waals surface area contributed by atoms with Gasteiger partial charge in [-0.15, -0.1) is 34.9 Å². The predicted molar refractivity (Wildman–Crippen MR) is 235 cm³/mol. The largest absolute Gasteiger partial charge is 0.493 e. The standard InChI is InChI=1S/C47H63NO4S3/c1-8-15-35-36(16-9-2)44(55-43(35)33(12-5)34-19-14-24-51-41(34)30(7)47-22-23-48-37(28-53-47)46(47)49)45-42-38(50-25-26-52-42)27-39(54-45)40-31(11-4)20-21-32(40)18-13-17-29(6)10-3/h27-29,31,39,46,48-49H,8-19,22-26H2,1-7H3/b34-33+,41-30-. The Morgan fingerprint density at radius 2 is 1.84 bits per heavy atom. The molecule has 0 saturated carbocycles. The number of thiophene rings is 1. The highest BCUT2D eigenvalue weighted by atomic mass is 32.2. The van der Waals surface area contributed by atoms with Crippen LogP contribution in [0.3, 0.4) is 0 Å². The van der Waals surface area contributed by atoms with Gasteiger partial charge in [0.15, 0.2) is 11.5 Å². The Bertz CT molecular complexity index is 1880. The molecule has 0 aromatic carbocycles. The van der Waals surface area contributed by atoms with Crippen LogP contribution in [0.2, 0.25) is 0 Å². The van der Waals surface area contributed by atoms with Crippen molar-refractivity contribution in [2.45, 2.75) is 148 Å². The molecule has 8 heteroatoms. The van der Waals surface area contributed by atoms with Crippen LogP contribution in [0.4, 0.5) is 0 Å². The van der Waals surface area contributed by atoms with Crippen molar-refractivity contribution in [2.24, 2.45) is 11.8 Å². The maximum atomic E-state index is 11.5. The number of aliphatic hydroxyl groups excluding tert-OH is 1. The number of thioether (sulfide) groups is 2. The molecule has 2 N–H and O–H groups in total. The van der Waals surface area contributed by atoms with E-state index in [1.165, 1.54) is 72.9 Å². The SMILES string of the molecule is CCCc1c(C2=C3OCCOC3=CC(C3=C(CCCC(C)CC)C#CC3CC)S2)sc(/C(CC)=C2\CCCO\C2=C(\C)C23CCNC(=CS2)C3O)c1CCC. The normalized spacial score (nSPS) is 28.3. The van der Waals surface area contributed by atoms with Gasteiger partial charge in [0, 0.05) is 33.5 Å². The summed E-state index contributed by atoms with van der Waals surface area (Å²) in [6, 6.07) is 0. The Morgan fingerprint density at radius 3 is 2.60 bits per heavy atom. The first-order valence-corrected chi connectivity index (χ1v) is 24.0. The molecule has 0 spiro atoms. The summed E-state index contributed by atoms with van der Waals surface area (Å²) < 4.78 is 19.4. The van der Waals surface area contributed by atoms with Crippen molar-refractivity contribution >= 4 is 45.3 Å². The average molecular weight is 802 g/mol. The minimum Gasteiger partial charge on any atom is -0.493 e. The highest BCUT2D eigenvalue weighted by Gasteiger charge is 2.50. The van der Waals surface area contributed by atoms with Gasteiger partial charge in [0.25, 0.3) is 0 Å². The summed E-state index contributed by atoms with van der Waals surface area (Å²) in [4.78, 5) is 4.04. The number of piperidine rings is 1. The summed E-state index contributed by atoms with van der Waals surface area (Å²) in [5.41, 5.74) is 10.7. The Kier molecular flexibility index (Phi) is 13.3. The molecule has 0 radical (unpaired) electrons. The molecular formula is C47H63NO4S3. The second-order valence-corrected chi connectivity index (χ2v) is 19.5. The van der Waals surface area contributed by atoms with E-state index in [9.17, 15) is 5.11 Å². The molecular weight excluding hydrogens is 739 g/mol. The molecule has 5 aliphatic heterocycles. The van der Waals surface area contributed by atoms with Gasteiger partial charge in [-0.3, -0.25) is 0 Å². The number of allylic oxidation sites excluding steroid dienone is 3. The molecule has 5 unspecified atom stereocenters. The van der Waals surface area contributed by atoms with Gasteiger partial charge in [-0.25, -0.2) is 0 Å². The van der Waals surface area contributed by atoms with Crippen LogP contribution in [0.1, 0.15) is 140 Å². The van der Waals surface area contributed by atoms with Gasteiger partial charge < -0.3 is 24.6 Å². The number of hydrogen-bond acceptors (Lipinski definition) is 8. The zero-order valence-corrected chi connectivity index (χ0v) is 36.8. The lowest BCUT2D eigenvalue weighted by Crippen LogP contribution is -2.48. The van der Waals surface area contributed by atoms with Crippen molar-refractivity contribution in [1.82, 2.24) is 5.32 Å². The molecule has 5 nitrogen and oxygen atoms in total. The zero-order chi connectivity index (χ0) is 38.7. The number of fused-ring (bicyclic) bond motifs is 3. The summed E-state index contributed by atoms with van der Waals surface area (Å²) in [5, 5.41) is 17.2. The van der Waals surface area contributed by atoms with Crippen LogP contribution in [0.5, 0.6) is 0 Å². The molecule has 3 saturated heterocycles. The lowest BCUT2D eigenvalue weighted by atomic mass is 9.82. The van der Waals surface area contributed by atoms with Crippen molar-refractivity contribution in [3.8, 4) is 11.8 Å². The van der Waals surface area contributed by atoms with E-state index < -0.39 is 6.10 Å². The van der Waals surface area contributed by atoms with Gasteiger partial charge in [0.2, 0.25) is 0 Å². The number of rotatable bonds is 15. The molecule has 7 rings (SSSR count). The van der Waals surface area contributed by atoms with Crippen molar-refractivity contribution < 1.29 is 19.3 Å². The first-order valence-electron chi connectivity index (χ1n) is 21.4. The average Bonchev–Trinajstić information content (AvgIpc) is 3.82. The molecule has 1 aromatic rings. The van der Waals surface area contributed by atoms with Crippen LogP contribution in [0.25, 0.3) is 10.5 Å². The van der Waals surface area contributed by atoms with E-state index in [0.717, 1.165) is 106 Å². The van der Waals surface area contributed by atoms with Crippen LogP contribution in [0.15, 0.2) is 56.8 Å². The third-order valence-electron chi connectivity index (χ3n) is 12.6. The summed E-state index contributed by atoms with van der Waals surface area (Å²) >= 11 is 5.74. The lowest BCUT2D eigenvalue weighted by Gasteiger charge is -2.40. The van der Waals surface area contributed by atoms with Crippen molar-refractivity contribution in [1.29, 1.82) is 0 Å². The maximum Gasteiger partial charge on any atom is 0.176 e. The van der Waals surface area contributed by atoms with Crippen LogP contribution in [-0.4, -0.2) is 47.6 Å². The first-order chi connectivity index (χ1) is 26.8. The fraction of sp³-hybridized carbons (Fsp3) is 0.617. The van der Waals surface area contributed by atoms with E-state index in [0.29, 0.717) is 13.2 Å². The Balaban J connectivity index is 1.35. The molecule has 5 atom stereocenters. The number of aliphatic hydroxyl groups is 1. The zero-order valence-electron chi connectivity index (χ0n) is 34.4. The molecule has 6 aliphatic rings. The van der Waals surface area contributed by atoms with Crippen molar-refractivity contribution in [2.75, 3.05) is 26.4 Å². The Hall–Kier alpha value is -2.44. The van der Waals surface area contributed by atoms with E-state index in [1.54, 1.807) is 11.8 Å². The number of ether oxygens (including phenoxy) is 3. The molecule has 3 fully saturated rings. The van der Waals surface area contributed by atoms with Gasteiger partial charge in [-0.2, -0.15) is 0 Å². The quantitative estimate of drug-likeness (QED) is 0.171. The van der Waals surface area contributed by atoms with Gasteiger partial charge in [-0.05, 0) is 116 Å². The van der Waals surface area contributed by atoms with E-state index in [1.807, 2.05) is 23.1 Å². The number of nitrogens with one attached hydrogen (secondary N) is 1. The van der Waals surface area contributed by atoms with Crippen molar-refractivity contribution in [3.05, 3.63) is 77.6 Å². The predicted octanol–water partition coefficient (Wildman–Crippen LogP) is 11.9. The molecule has 6 heterocycles. The third kappa shape index (κ3) is 7.78. The lowest BCUT2D eigenvalue weighted by molar-refractivity contribution is 0.0605. The highest BCUT2D eigenvalue weighted by molar-refractivity contribution is 8.09. The van der Waals surface area contributed by atoms with Crippen LogP contribution >= 0.6 is 34.9 Å². The molecule has 0 amide bonds. The van der Waals surface area contributed by atoms with Crippen LogP contribution in [-0.2, 0) is 27.1 Å². The Morgan fingerprint density at radius 1 is 1.04 bits per heavy atom. The molecule has 1 aromatic heterocycles. The second-order valence-electron chi connectivity index (χ2n) is 16.1. The summed E-state index contributed by atoms with van der Waals surface area (Å²) in [6.07, 6.45) is 15.6. The third-order valence-corrected chi connectivity index (χ3v) is 16.8. The second kappa shape index (κ2) is 18.0. The molecule has 298 valence electrons. The van der Waals surface area contributed by atoms with Gasteiger partial charge in [0.1, 0.15) is 25.1 Å². The number of hydrogen-bond donors (Lipinski definition) is 2. The van der Waals surface area contributed by atoms with E-state index in [4.69, 9.17) is 14.2 Å². The van der Waals surface area contributed by atoms with Crippen molar-refractivity contribution in [3.63, 3.8) is 0 Å². The Labute approximate surface area is 344 Å². The summed E-state index contributed by atoms with van der Waals surface area (Å²) in [6.45, 7) is 18.9. The van der Waals surface area contributed by atoms with E-state index in [-0.39, 0.29) is 15.9 Å². The fourth-order valence-electron chi connectivity index (χ4n) is 9.32. The maximum absolute atomic E-state index is 11.5. The fourth-order valence-corrected chi connectivity index (χ4v) is 13.7. The molecule has 2 bridgehead atoms. The summed E-state index contributed by atoms with van der Waals surface area (Å²) in [7, 11) is 0. The van der Waals surface area contributed by atoms with Crippen LogP contribution < -0.4 is 5.32 Å². The minimum absolute atomic E-state index is 0.155. The van der Waals surface area contributed by atoms with E-state index >= 15 is 0 Å². The highest BCUT2D eigenvalue weighted by Crippen LogP contribution is 2.55. The smallest absolute Gasteiger partial charge is 0.176 e.